The molecule has 2 aliphatic carbocycles. The van der Waals surface area contributed by atoms with Crippen LogP contribution in [0.2, 0.25) is 0 Å². The first-order chi connectivity index (χ1) is 8.48. The first kappa shape index (κ1) is 14.1. The van der Waals surface area contributed by atoms with Crippen molar-refractivity contribution in [1.29, 1.82) is 0 Å². The average Bonchev–Trinajstić information content (AvgIpc) is 2.87. The summed E-state index contributed by atoms with van der Waals surface area (Å²) in [6.07, 6.45) is 2.21. The summed E-state index contributed by atoms with van der Waals surface area (Å²) in [5.41, 5.74) is 2.71. The van der Waals surface area contributed by atoms with Crippen LogP contribution in [-0.4, -0.2) is 12.2 Å². The van der Waals surface area contributed by atoms with Crippen LogP contribution in [0, 0.1) is 17.8 Å². The summed E-state index contributed by atoms with van der Waals surface area (Å²) in [6, 6.07) is 0.0525. The fourth-order valence-corrected chi connectivity index (χ4v) is 3.85. The molecular weight excluding hydrogens is 241 g/mol. The van der Waals surface area contributed by atoms with E-state index in [0.717, 1.165) is 18.3 Å². The third-order valence-electron chi connectivity index (χ3n) is 4.72. The lowest BCUT2D eigenvalue weighted by Crippen LogP contribution is -2.37. The van der Waals surface area contributed by atoms with E-state index < -0.39 is 12.6 Å². The van der Waals surface area contributed by atoms with E-state index in [2.05, 4.69) is 5.43 Å². The van der Waals surface area contributed by atoms with E-state index in [1.165, 1.54) is 25.7 Å². The SMILES string of the molecule is NNC(CCCC(F)(F)F)CC1CC2CCC1C2. The van der Waals surface area contributed by atoms with Crippen LogP contribution in [0.1, 0.15) is 51.4 Å². The van der Waals surface area contributed by atoms with Gasteiger partial charge in [-0.3, -0.25) is 11.3 Å². The molecule has 0 spiro atoms. The van der Waals surface area contributed by atoms with Crippen LogP contribution in [0.4, 0.5) is 13.2 Å². The Balaban J connectivity index is 1.69. The van der Waals surface area contributed by atoms with Gasteiger partial charge < -0.3 is 0 Å². The molecule has 0 heterocycles. The van der Waals surface area contributed by atoms with Crippen LogP contribution in [-0.2, 0) is 0 Å². The van der Waals surface area contributed by atoms with Gasteiger partial charge in [-0.2, -0.15) is 13.2 Å². The molecule has 2 saturated carbocycles. The zero-order valence-electron chi connectivity index (χ0n) is 10.7. The lowest BCUT2D eigenvalue weighted by Gasteiger charge is -2.26. The molecule has 5 heteroatoms. The maximum absolute atomic E-state index is 12.1. The minimum Gasteiger partial charge on any atom is -0.271 e. The Bertz CT molecular complexity index is 267. The second-order valence-electron chi connectivity index (χ2n) is 6.04. The summed E-state index contributed by atoms with van der Waals surface area (Å²) >= 11 is 0. The molecule has 0 aromatic rings. The summed E-state index contributed by atoms with van der Waals surface area (Å²) in [7, 11) is 0. The van der Waals surface area contributed by atoms with Gasteiger partial charge in [-0.05, 0) is 56.3 Å². The van der Waals surface area contributed by atoms with Gasteiger partial charge in [0, 0.05) is 12.5 Å². The maximum Gasteiger partial charge on any atom is 0.389 e. The van der Waals surface area contributed by atoms with Crippen LogP contribution in [0.25, 0.3) is 0 Å². The van der Waals surface area contributed by atoms with Gasteiger partial charge in [-0.15, -0.1) is 0 Å². The fourth-order valence-electron chi connectivity index (χ4n) is 3.85. The molecule has 2 aliphatic rings. The van der Waals surface area contributed by atoms with Crippen molar-refractivity contribution in [3.63, 3.8) is 0 Å². The van der Waals surface area contributed by atoms with Crippen molar-refractivity contribution in [1.82, 2.24) is 5.43 Å². The second-order valence-corrected chi connectivity index (χ2v) is 6.04. The van der Waals surface area contributed by atoms with Crippen molar-refractivity contribution in [2.75, 3.05) is 0 Å². The van der Waals surface area contributed by atoms with Gasteiger partial charge in [0.25, 0.3) is 0 Å². The summed E-state index contributed by atoms with van der Waals surface area (Å²) in [6.45, 7) is 0. The third-order valence-corrected chi connectivity index (χ3v) is 4.72. The quantitative estimate of drug-likeness (QED) is 0.570. The highest BCUT2D eigenvalue weighted by molar-refractivity contribution is 4.91. The minimum absolute atomic E-state index is 0.0525. The number of hydrazine groups is 1. The van der Waals surface area contributed by atoms with Crippen molar-refractivity contribution in [3.05, 3.63) is 0 Å². The third kappa shape index (κ3) is 3.85. The monoisotopic (exact) mass is 264 g/mol. The lowest BCUT2D eigenvalue weighted by atomic mass is 9.83. The average molecular weight is 264 g/mol. The Kier molecular flexibility index (Phi) is 4.54. The molecule has 2 bridgehead atoms. The molecule has 2 nitrogen and oxygen atoms in total. The molecule has 0 amide bonds. The highest BCUT2D eigenvalue weighted by Gasteiger charge is 2.40. The molecule has 0 radical (unpaired) electrons. The maximum atomic E-state index is 12.1. The van der Waals surface area contributed by atoms with E-state index in [0.29, 0.717) is 12.3 Å². The number of nitrogens with one attached hydrogen (secondary N) is 1. The Morgan fingerprint density at radius 1 is 1.22 bits per heavy atom. The lowest BCUT2D eigenvalue weighted by molar-refractivity contribution is -0.135. The number of rotatable bonds is 6. The van der Waals surface area contributed by atoms with E-state index in [-0.39, 0.29) is 12.5 Å². The molecule has 2 rings (SSSR count). The van der Waals surface area contributed by atoms with E-state index >= 15 is 0 Å². The summed E-state index contributed by atoms with van der Waals surface area (Å²) in [4.78, 5) is 0. The molecular formula is C13H23F3N2. The van der Waals surface area contributed by atoms with Crippen LogP contribution >= 0.6 is 0 Å². The molecule has 4 atom stereocenters. The first-order valence-corrected chi connectivity index (χ1v) is 7.01. The zero-order valence-corrected chi connectivity index (χ0v) is 10.7. The van der Waals surface area contributed by atoms with E-state index in [1.54, 1.807) is 0 Å². The van der Waals surface area contributed by atoms with Crippen LogP contribution in [0.15, 0.2) is 0 Å². The van der Waals surface area contributed by atoms with Crippen molar-refractivity contribution >= 4 is 0 Å². The zero-order chi connectivity index (χ0) is 13.2. The van der Waals surface area contributed by atoms with Gasteiger partial charge in [0.05, 0.1) is 0 Å². The van der Waals surface area contributed by atoms with E-state index in [4.69, 9.17) is 5.84 Å². The van der Waals surface area contributed by atoms with Gasteiger partial charge in [0.2, 0.25) is 0 Å². The van der Waals surface area contributed by atoms with Crippen molar-refractivity contribution in [3.8, 4) is 0 Å². The molecule has 4 unspecified atom stereocenters. The molecule has 18 heavy (non-hydrogen) atoms. The molecule has 0 aliphatic heterocycles. The number of hydrogen-bond donors (Lipinski definition) is 2. The normalized spacial score (nSPS) is 33.0. The summed E-state index contributed by atoms with van der Waals surface area (Å²) in [5, 5.41) is 0. The van der Waals surface area contributed by atoms with Crippen molar-refractivity contribution < 1.29 is 13.2 Å². The number of alkyl halides is 3. The minimum atomic E-state index is -4.04. The van der Waals surface area contributed by atoms with Crippen LogP contribution < -0.4 is 11.3 Å². The Hall–Kier alpha value is -0.290. The van der Waals surface area contributed by atoms with Gasteiger partial charge in [0.15, 0.2) is 0 Å². The van der Waals surface area contributed by atoms with E-state index in [9.17, 15) is 13.2 Å². The number of fused-ring (bicyclic) bond motifs is 2. The highest BCUT2D eigenvalue weighted by Crippen LogP contribution is 2.50. The second kappa shape index (κ2) is 5.78. The smallest absolute Gasteiger partial charge is 0.271 e. The van der Waals surface area contributed by atoms with Gasteiger partial charge in [-0.1, -0.05) is 6.42 Å². The summed E-state index contributed by atoms with van der Waals surface area (Å²) in [5.74, 6) is 7.85. The Morgan fingerprint density at radius 2 is 2.00 bits per heavy atom. The standard InChI is InChI=1S/C13H23F3N2/c14-13(15,16)5-1-2-12(18-17)8-11-7-9-3-4-10(11)6-9/h9-12,18H,1-8,17H2. The Labute approximate surface area is 106 Å². The molecule has 0 saturated heterocycles. The molecule has 0 aromatic carbocycles. The molecule has 0 aromatic heterocycles. The van der Waals surface area contributed by atoms with Gasteiger partial charge in [-0.25, -0.2) is 0 Å². The van der Waals surface area contributed by atoms with Crippen molar-refractivity contribution in [2.45, 2.75) is 63.6 Å². The van der Waals surface area contributed by atoms with E-state index in [1.807, 2.05) is 0 Å². The predicted octanol–water partition coefficient (Wildman–Crippen LogP) is 3.38. The first-order valence-electron chi connectivity index (χ1n) is 7.01. The Morgan fingerprint density at radius 3 is 2.50 bits per heavy atom. The topological polar surface area (TPSA) is 38.0 Å². The molecule has 3 N–H and O–H groups in total. The van der Waals surface area contributed by atoms with Crippen LogP contribution in [0.5, 0.6) is 0 Å². The number of hydrogen-bond acceptors (Lipinski definition) is 2. The molecule has 2 fully saturated rings. The molecule has 106 valence electrons. The van der Waals surface area contributed by atoms with Gasteiger partial charge >= 0.3 is 6.18 Å². The highest BCUT2D eigenvalue weighted by atomic mass is 19.4. The number of nitrogens with two attached hydrogens (primary N) is 1. The summed E-state index contributed by atoms with van der Waals surface area (Å²) < 4.78 is 36.3. The largest absolute Gasteiger partial charge is 0.389 e. The van der Waals surface area contributed by atoms with Crippen LogP contribution in [0.3, 0.4) is 0 Å². The number of halogens is 3. The van der Waals surface area contributed by atoms with Crippen molar-refractivity contribution in [2.24, 2.45) is 23.6 Å². The van der Waals surface area contributed by atoms with Gasteiger partial charge in [0.1, 0.15) is 0 Å². The fraction of sp³-hybridized carbons (Fsp3) is 1.00. The predicted molar refractivity (Wildman–Crippen MR) is 64.6 cm³/mol.